The Kier molecular flexibility index (Phi) is 5.13. The maximum atomic E-state index is 11.9. The van der Waals surface area contributed by atoms with Crippen LogP contribution in [-0.4, -0.2) is 24.3 Å². The van der Waals surface area contributed by atoms with Gasteiger partial charge in [-0.3, -0.25) is 4.79 Å². The number of carboxylic acid groups (broad SMARTS) is 1. The van der Waals surface area contributed by atoms with E-state index in [4.69, 9.17) is 4.74 Å². The summed E-state index contributed by atoms with van der Waals surface area (Å²) in [6, 6.07) is 0. The zero-order valence-electron chi connectivity index (χ0n) is 14.2. The maximum Gasteiger partial charge on any atom is 0.311 e. The molecule has 1 aromatic rings. The molecule has 0 aliphatic carbocycles. The van der Waals surface area contributed by atoms with Crippen LogP contribution in [0.15, 0.2) is 6.08 Å². The lowest BCUT2D eigenvalue weighted by molar-refractivity contribution is -0.139. The van der Waals surface area contributed by atoms with Crippen LogP contribution in [0.5, 0.6) is 0 Å². The second-order valence-electron chi connectivity index (χ2n) is 7.21. The van der Waals surface area contributed by atoms with Crippen molar-refractivity contribution in [2.75, 3.05) is 13.2 Å². The molecule has 22 heavy (non-hydrogen) atoms. The van der Waals surface area contributed by atoms with E-state index in [2.05, 4.69) is 40.7 Å². The summed E-state index contributed by atoms with van der Waals surface area (Å²) < 4.78 is 5.41. The molecule has 1 unspecified atom stereocenters. The van der Waals surface area contributed by atoms with Crippen molar-refractivity contribution in [3.05, 3.63) is 27.0 Å². The van der Waals surface area contributed by atoms with Gasteiger partial charge in [0.05, 0.1) is 19.1 Å². The van der Waals surface area contributed by atoms with Crippen molar-refractivity contribution in [3.63, 3.8) is 0 Å². The van der Waals surface area contributed by atoms with E-state index in [1.807, 2.05) is 0 Å². The SMILES string of the molecule is Cc1sc(C)c(C(CC(C)(C)C)C(=O)O)c1C1=CCOCC1. The summed E-state index contributed by atoms with van der Waals surface area (Å²) in [5, 5.41) is 9.81. The number of carbonyl (C=O) groups is 1. The summed E-state index contributed by atoms with van der Waals surface area (Å²) >= 11 is 1.72. The number of carboxylic acids is 1. The molecule has 0 radical (unpaired) electrons. The fourth-order valence-corrected chi connectivity index (χ4v) is 4.36. The standard InChI is InChI=1S/C18H26O3S/c1-11-15(13-6-8-21-9-7-13)16(12(2)22-11)14(17(19)20)10-18(3,4)5/h6,14H,7-10H2,1-5H3,(H,19,20). The van der Waals surface area contributed by atoms with Crippen LogP contribution in [0.4, 0.5) is 0 Å². The molecule has 2 rings (SSSR count). The number of aryl methyl sites for hydroxylation is 2. The molecule has 0 saturated carbocycles. The first-order valence-corrected chi connectivity index (χ1v) is 8.62. The summed E-state index contributed by atoms with van der Waals surface area (Å²) in [5.74, 6) is -1.16. The van der Waals surface area contributed by atoms with Gasteiger partial charge in [0.1, 0.15) is 0 Å². The van der Waals surface area contributed by atoms with Crippen molar-refractivity contribution in [1.29, 1.82) is 0 Å². The van der Waals surface area contributed by atoms with E-state index in [-0.39, 0.29) is 5.41 Å². The highest BCUT2D eigenvalue weighted by Crippen LogP contribution is 2.43. The van der Waals surface area contributed by atoms with Crippen molar-refractivity contribution in [2.24, 2.45) is 5.41 Å². The molecule has 1 N–H and O–H groups in total. The van der Waals surface area contributed by atoms with Crippen LogP contribution in [0.25, 0.3) is 5.57 Å². The van der Waals surface area contributed by atoms with Gasteiger partial charge in [-0.1, -0.05) is 26.8 Å². The molecule has 1 atom stereocenters. The van der Waals surface area contributed by atoms with E-state index in [1.54, 1.807) is 11.3 Å². The Labute approximate surface area is 137 Å². The zero-order valence-corrected chi connectivity index (χ0v) is 15.0. The van der Waals surface area contributed by atoms with E-state index >= 15 is 0 Å². The molecular formula is C18H26O3S. The average molecular weight is 322 g/mol. The van der Waals surface area contributed by atoms with Crippen LogP contribution in [0.3, 0.4) is 0 Å². The predicted octanol–water partition coefficient (Wildman–Crippen LogP) is 4.77. The van der Waals surface area contributed by atoms with Crippen LogP contribution in [0, 0.1) is 19.3 Å². The fourth-order valence-electron chi connectivity index (χ4n) is 3.20. The molecule has 1 aliphatic heterocycles. The minimum atomic E-state index is -0.718. The summed E-state index contributed by atoms with van der Waals surface area (Å²) in [7, 11) is 0. The fraction of sp³-hybridized carbons (Fsp3) is 0.611. The first kappa shape index (κ1) is 17.2. The lowest BCUT2D eigenvalue weighted by atomic mass is 9.79. The molecule has 0 bridgehead atoms. The maximum absolute atomic E-state index is 11.9. The topological polar surface area (TPSA) is 46.5 Å². The third-order valence-corrected chi connectivity index (χ3v) is 5.09. The number of rotatable bonds is 4. The third kappa shape index (κ3) is 3.79. The highest BCUT2D eigenvalue weighted by atomic mass is 32.1. The van der Waals surface area contributed by atoms with Crippen molar-refractivity contribution in [2.45, 2.75) is 53.4 Å². The number of thiophene rings is 1. The molecule has 2 heterocycles. The number of aliphatic carboxylic acids is 1. The number of hydrogen-bond donors (Lipinski definition) is 1. The highest BCUT2D eigenvalue weighted by Gasteiger charge is 2.32. The van der Waals surface area contributed by atoms with Gasteiger partial charge in [-0.15, -0.1) is 11.3 Å². The van der Waals surface area contributed by atoms with Gasteiger partial charge in [-0.05, 0) is 48.8 Å². The monoisotopic (exact) mass is 322 g/mol. The second-order valence-corrected chi connectivity index (χ2v) is 8.64. The van der Waals surface area contributed by atoms with Gasteiger partial charge >= 0.3 is 5.97 Å². The summed E-state index contributed by atoms with van der Waals surface area (Å²) in [5.41, 5.74) is 3.43. The normalized spacial score (nSPS) is 17.2. The minimum Gasteiger partial charge on any atom is -0.481 e. The molecule has 4 heteroatoms. The number of hydrogen-bond acceptors (Lipinski definition) is 3. The van der Waals surface area contributed by atoms with Gasteiger partial charge in [0, 0.05) is 9.75 Å². The molecule has 3 nitrogen and oxygen atoms in total. The van der Waals surface area contributed by atoms with E-state index < -0.39 is 11.9 Å². The van der Waals surface area contributed by atoms with Crippen LogP contribution in [0.2, 0.25) is 0 Å². The zero-order chi connectivity index (χ0) is 16.5. The third-order valence-electron chi connectivity index (χ3n) is 4.05. The highest BCUT2D eigenvalue weighted by molar-refractivity contribution is 7.12. The molecular weight excluding hydrogens is 296 g/mol. The lowest BCUT2D eigenvalue weighted by Crippen LogP contribution is -2.21. The molecule has 122 valence electrons. The molecule has 0 fully saturated rings. The Balaban J connectivity index is 2.52. The van der Waals surface area contributed by atoms with Gasteiger partial charge in [0.25, 0.3) is 0 Å². The van der Waals surface area contributed by atoms with E-state index in [1.165, 1.54) is 16.0 Å². The molecule has 0 amide bonds. The lowest BCUT2D eigenvalue weighted by Gasteiger charge is -2.25. The Morgan fingerprint density at radius 3 is 2.55 bits per heavy atom. The summed E-state index contributed by atoms with van der Waals surface area (Å²) in [4.78, 5) is 14.3. The largest absolute Gasteiger partial charge is 0.481 e. The van der Waals surface area contributed by atoms with Gasteiger partial charge in [-0.2, -0.15) is 0 Å². The molecule has 0 saturated heterocycles. The quantitative estimate of drug-likeness (QED) is 0.868. The van der Waals surface area contributed by atoms with E-state index in [0.717, 1.165) is 23.5 Å². The molecule has 1 aromatic heterocycles. The van der Waals surface area contributed by atoms with Crippen molar-refractivity contribution >= 4 is 22.9 Å². The smallest absolute Gasteiger partial charge is 0.311 e. The van der Waals surface area contributed by atoms with Crippen LogP contribution in [0.1, 0.15) is 60.4 Å². The first-order valence-electron chi connectivity index (χ1n) is 7.80. The Hall–Kier alpha value is -1.13. The van der Waals surface area contributed by atoms with E-state index in [0.29, 0.717) is 13.0 Å². The Bertz CT molecular complexity index is 590. The predicted molar refractivity (Wildman–Crippen MR) is 91.7 cm³/mol. The molecule has 1 aliphatic rings. The van der Waals surface area contributed by atoms with Gasteiger partial charge in [0.15, 0.2) is 0 Å². The van der Waals surface area contributed by atoms with E-state index in [9.17, 15) is 9.90 Å². The van der Waals surface area contributed by atoms with Gasteiger partial charge in [-0.25, -0.2) is 0 Å². The first-order chi connectivity index (χ1) is 10.2. The Morgan fingerprint density at radius 1 is 1.36 bits per heavy atom. The van der Waals surface area contributed by atoms with Crippen LogP contribution in [-0.2, 0) is 9.53 Å². The number of ether oxygens (including phenoxy) is 1. The summed E-state index contributed by atoms with van der Waals surface area (Å²) in [6.45, 7) is 11.8. The van der Waals surface area contributed by atoms with Crippen LogP contribution < -0.4 is 0 Å². The van der Waals surface area contributed by atoms with Crippen molar-refractivity contribution in [1.82, 2.24) is 0 Å². The van der Waals surface area contributed by atoms with Gasteiger partial charge in [0.2, 0.25) is 0 Å². The Morgan fingerprint density at radius 2 is 2.05 bits per heavy atom. The van der Waals surface area contributed by atoms with Gasteiger partial charge < -0.3 is 9.84 Å². The minimum absolute atomic E-state index is 0.0212. The van der Waals surface area contributed by atoms with Crippen LogP contribution >= 0.6 is 11.3 Å². The summed E-state index contributed by atoms with van der Waals surface area (Å²) in [6.07, 6.45) is 3.62. The van der Waals surface area contributed by atoms with Crippen molar-refractivity contribution in [3.8, 4) is 0 Å². The second kappa shape index (κ2) is 6.55. The van der Waals surface area contributed by atoms with Crippen molar-refractivity contribution < 1.29 is 14.6 Å². The average Bonchev–Trinajstić information content (AvgIpc) is 2.70. The molecule has 0 spiro atoms. The molecule has 0 aromatic carbocycles.